The number of para-hydroxylation sites is 1. The Morgan fingerprint density at radius 2 is 1.43 bits per heavy atom. The summed E-state index contributed by atoms with van der Waals surface area (Å²) in [6.07, 6.45) is 0.858. The van der Waals surface area contributed by atoms with E-state index in [1.165, 1.54) is 0 Å². The molecule has 0 unspecified atom stereocenters. The minimum atomic E-state index is -1.68. The largest absolute Gasteiger partial charge is 2.00 e. The zero-order valence-electron chi connectivity index (χ0n) is 29.7. The number of hydrogen-bond acceptors (Lipinski definition) is 10. The van der Waals surface area contributed by atoms with Gasteiger partial charge < -0.3 is 24.5 Å². The van der Waals surface area contributed by atoms with Gasteiger partial charge in [-0.15, -0.1) is 0 Å². The number of carbonyl (C=O) groups excluding carboxylic acids is 3. The van der Waals surface area contributed by atoms with Crippen molar-refractivity contribution in [3.05, 3.63) is 101 Å². The molecule has 0 amide bonds. The predicted molar refractivity (Wildman–Crippen MR) is 189 cm³/mol. The summed E-state index contributed by atoms with van der Waals surface area (Å²) in [6, 6.07) is 21.0. The molecule has 0 aliphatic carbocycles. The zero-order valence-corrected chi connectivity index (χ0v) is 31.4. The van der Waals surface area contributed by atoms with Gasteiger partial charge in [-0.05, 0) is 90.9 Å². The van der Waals surface area contributed by atoms with Gasteiger partial charge in [0.25, 0.3) is 0 Å². The maximum atomic E-state index is 13.8. The number of aliphatic imine (C=N–C) groups is 2. The molecule has 0 aromatic heterocycles. The van der Waals surface area contributed by atoms with Crippen LogP contribution < -0.4 is 10.2 Å². The summed E-state index contributed by atoms with van der Waals surface area (Å²) in [5.74, 6) is -5.44. The summed E-state index contributed by atoms with van der Waals surface area (Å²) >= 11 is 6.41. The van der Waals surface area contributed by atoms with Crippen LogP contribution in [0.3, 0.4) is 0 Å². The van der Waals surface area contributed by atoms with Gasteiger partial charge in [0, 0.05) is 28.7 Å². The van der Waals surface area contributed by atoms with Gasteiger partial charge >= 0.3 is 28.4 Å². The SMILES string of the molecule is CC(C)(C)OC(=O)C(C[C@H](N=C(c1ccccc1)c1ccccc1N=C([O-])[C@@H]1CCCN1Cc1ccccc1Cl)C(=O)[O-])C(=O)OC(C)(C)C.[Ni+2]. The molecule has 0 saturated carbocycles. The molecule has 2 atom stereocenters. The van der Waals surface area contributed by atoms with E-state index in [9.17, 15) is 24.6 Å². The molecule has 274 valence electrons. The van der Waals surface area contributed by atoms with Crippen LogP contribution in [0.1, 0.15) is 77.5 Å². The molecule has 3 aromatic rings. The van der Waals surface area contributed by atoms with Crippen molar-refractivity contribution in [2.75, 3.05) is 6.54 Å². The fourth-order valence-corrected chi connectivity index (χ4v) is 5.81. The first-order valence-corrected chi connectivity index (χ1v) is 17.0. The van der Waals surface area contributed by atoms with Gasteiger partial charge in [0.15, 0.2) is 5.92 Å². The number of esters is 2. The molecule has 12 heteroatoms. The van der Waals surface area contributed by atoms with Crippen molar-refractivity contribution in [1.82, 2.24) is 4.90 Å². The fourth-order valence-electron chi connectivity index (χ4n) is 5.62. The number of carboxylic acid groups (broad SMARTS) is 1. The number of hydrogen-bond donors (Lipinski definition) is 0. The van der Waals surface area contributed by atoms with E-state index < -0.39 is 53.5 Å². The van der Waals surface area contributed by atoms with Crippen molar-refractivity contribution in [1.29, 1.82) is 0 Å². The summed E-state index contributed by atoms with van der Waals surface area (Å²) in [4.78, 5) is 50.5. The first-order valence-electron chi connectivity index (χ1n) is 16.6. The molecule has 4 rings (SSSR count). The number of halogens is 1. The summed E-state index contributed by atoms with van der Waals surface area (Å²) in [7, 11) is 0. The van der Waals surface area contributed by atoms with E-state index in [1.54, 1.807) is 96.1 Å². The summed E-state index contributed by atoms with van der Waals surface area (Å²) in [5.41, 5.74) is 0.402. The van der Waals surface area contributed by atoms with E-state index in [-0.39, 0.29) is 33.8 Å². The normalized spacial score (nSPS) is 16.4. The van der Waals surface area contributed by atoms with Crippen LogP contribution in [0.2, 0.25) is 5.02 Å². The van der Waals surface area contributed by atoms with Gasteiger partial charge in [-0.1, -0.05) is 78.3 Å². The third-order valence-electron chi connectivity index (χ3n) is 7.82. The van der Waals surface area contributed by atoms with Crippen molar-refractivity contribution in [3.63, 3.8) is 0 Å². The van der Waals surface area contributed by atoms with Crippen molar-refractivity contribution in [2.45, 2.75) is 90.6 Å². The average Bonchev–Trinajstić information content (AvgIpc) is 3.49. The molecule has 1 aliphatic heterocycles. The topological polar surface area (TPSA) is 144 Å². The molecule has 0 bridgehead atoms. The van der Waals surface area contributed by atoms with Crippen LogP contribution >= 0.6 is 11.6 Å². The van der Waals surface area contributed by atoms with E-state index in [4.69, 9.17) is 21.1 Å². The first-order chi connectivity index (χ1) is 23.5. The number of ether oxygens (including phenoxy) is 2. The Hall–Kier alpha value is -4.05. The monoisotopic (exact) mass is 759 g/mol. The maximum absolute atomic E-state index is 13.8. The molecule has 1 fully saturated rings. The molecular weight excluding hydrogens is 717 g/mol. The van der Waals surface area contributed by atoms with E-state index in [1.807, 2.05) is 24.3 Å². The van der Waals surface area contributed by atoms with Gasteiger partial charge in [0.1, 0.15) is 11.2 Å². The van der Waals surface area contributed by atoms with Gasteiger partial charge in [-0.2, -0.15) is 0 Å². The summed E-state index contributed by atoms with van der Waals surface area (Å²) in [6.45, 7) is 11.0. The van der Waals surface area contributed by atoms with Crippen LogP contribution in [-0.2, 0) is 46.9 Å². The second-order valence-electron chi connectivity index (χ2n) is 14.2. The van der Waals surface area contributed by atoms with E-state index in [2.05, 4.69) is 14.9 Å². The van der Waals surface area contributed by atoms with Crippen LogP contribution in [0.5, 0.6) is 0 Å². The molecule has 51 heavy (non-hydrogen) atoms. The number of carbonyl (C=O) groups is 3. The Labute approximate surface area is 314 Å². The summed E-state index contributed by atoms with van der Waals surface area (Å²) in [5, 5.41) is 27.1. The van der Waals surface area contributed by atoms with Crippen LogP contribution in [0, 0.1) is 5.92 Å². The van der Waals surface area contributed by atoms with Crippen LogP contribution in [0.4, 0.5) is 5.69 Å². The van der Waals surface area contributed by atoms with Crippen molar-refractivity contribution in [3.8, 4) is 0 Å². The number of likely N-dealkylation sites (tertiary alicyclic amines) is 1. The van der Waals surface area contributed by atoms with E-state index in [0.717, 1.165) is 12.0 Å². The molecule has 1 saturated heterocycles. The Morgan fingerprint density at radius 3 is 2.02 bits per heavy atom. The van der Waals surface area contributed by atoms with Gasteiger partial charge in [0.2, 0.25) is 0 Å². The number of rotatable bonds is 12. The molecule has 1 heterocycles. The van der Waals surface area contributed by atoms with E-state index in [0.29, 0.717) is 35.7 Å². The van der Waals surface area contributed by atoms with Crippen LogP contribution in [0.15, 0.2) is 88.8 Å². The molecule has 1 aliphatic rings. The van der Waals surface area contributed by atoms with Gasteiger partial charge in [-0.25, -0.2) is 0 Å². The molecule has 0 N–H and O–H groups in total. The third-order valence-corrected chi connectivity index (χ3v) is 8.18. The molecular formula is C39H44ClN3NiO7. The second kappa shape index (κ2) is 17.9. The Balaban J connectivity index is 0.00000702. The average molecular weight is 761 g/mol. The maximum Gasteiger partial charge on any atom is 2.00 e. The fraction of sp³-hybridized carbons (Fsp3) is 0.410. The number of carboxylic acids is 1. The number of benzene rings is 3. The third kappa shape index (κ3) is 12.0. The predicted octanol–water partition coefficient (Wildman–Crippen LogP) is 5.04. The molecule has 3 aromatic carbocycles. The smallest absolute Gasteiger partial charge is 0.861 e. The number of aliphatic carboxylic acids is 1. The Kier molecular flexibility index (Phi) is 14.6. The standard InChI is InChI=1S/C39H46ClN3O7.Ni/c1-38(2,3)49-36(47)28(37(48)50-39(4,5)6)23-31(35(45)46)41-33(25-15-8-7-9-16-25)27-18-11-13-20-30(27)42-34(44)32-21-14-22-43(32)24-26-17-10-12-19-29(26)40;/h7-13,15-20,28,31-32H,14,21-24H2,1-6H3,(H,42,44)(H,45,46);/q;+2/p-2/t31-,32-;/m0./s1. The summed E-state index contributed by atoms with van der Waals surface area (Å²) < 4.78 is 11.0. The quantitative estimate of drug-likeness (QED) is 0.0822. The first kappa shape index (κ1) is 41.4. The minimum absolute atomic E-state index is 0. The number of nitrogens with zero attached hydrogens (tertiary/aromatic N) is 3. The second-order valence-corrected chi connectivity index (χ2v) is 14.6. The van der Waals surface area contributed by atoms with Crippen molar-refractivity contribution >= 4 is 46.8 Å². The van der Waals surface area contributed by atoms with Gasteiger partial charge in [0.05, 0.1) is 23.4 Å². The van der Waals surface area contributed by atoms with Crippen LogP contribution in [-0.4, -0.2) is 64.2 Å². The Bertz CT molecular complexity index is 1710. The van der Waals surface area contributed by atoms with Gasteiger partial charge in [-0.3, -0.25) is 24.5 Å². The molecule has 10 nitrogen and oxygen atoms in total. The Morgan fingerprint density at radius 1 is 0.863 bits per heavy atom. The van der Waals surface area contributed by atoms with Crippen molar-refractivity contribution in [2.24, 2.45) is 15.9 Å². The minimum Gasteiger partial charge on any atom is -0.861 e. The van der Waals surface area contributed by atoms with E-state index >= 15 is 0 Å². The molecule has 0 spiro atoms. The zero-order chi connectivity index (χ0) is 36.6. The molecule has 0 radical (unpaired) electrons. The van der Waals surface area contributed by atoms with Crippen molar-refractivity contribution < 1.29 is 50.6 Å². The van der Waals surface area contributed by atoms with Crippen LogP contribution in [0.25, 0.3) is 0 Å².